The molecule has 3 heteroatoms. The number of rotatable bonds is 2. The van der Waals surface area contributed by atoms with Crippen molar-refractivity contribution in [2.45, 2.75) is 0 Å². The highest BCUT2D eigenvalue weighted by Gasteiger charge is 2.02. The third-order valence-electron chi connectivity index (χ3n) is 2.00. The van der Waals surface area contributed by atoms with Gasteiger partial charge >= 0.3 is 0 Å². The topological polar surface area (TPSA) is 49.9 Å². The SMILES string of the molecule is O=Cc1ccc2c(C=O)c[nH]c2c1. The van der Waals surface area contributed by atoms with Crippen molar-refractivity contribution in [2.24, 2.45) is 0 Å². The van der Waals surface area contributed by atoms with Crippen LogP contribution in [0.1, 0.15) is 20.7 Å². The summed E-state index contributed by atoms with van der Waals surface area (Å²) >= 11 is 0. The summed E-state index contributed by atoms with van der Waals surface area (Å²) in [5.74, 6) is 0. The maximum Gasteiger partial charge on any atom is 0.152 e. The molecule has 0 aliphatic carbocycles. The van der Waals surface area contributed by atoms with Crippen molar-refractivity contribution in [2.75, 3.05) is 0 Å². The molecular formula is C10H7NO2. The van der Waals surface area contributed by atoms with Crippen LogP contribution < -0.4 is 0 Å². The third kappa shape index (κ3) is 1.14. The first-order chi connectivity index (χ1) is 6.35. The van der Waals surface area contributed by atoms with Crippen LogP contribution >= 0.6 is 0 Å². The van der Waals surface area contributed by atoms with Gasteiger partial charge in [0, 0.05) is 28.2 Å². The van der Waals surface area contributed by atoms with Gasteiger partial charge in [-0.25, -0.2) is 0 Å². The Bertz CT molecular complexity index is 471. The number of carbonyl (C=O) groups is 2. The number of aldehydes is 2. The molecule has 0 unspecified atom stereocenters. The molecule has 2 rings (SSSR count). The van der Waals surface area contributed by atoms with Gasteiger partial charge in [0.15, 0.2) is 6.29 Å². The zero-order valence-corrected chi connectivity index (χ0v) is 6.78. The fraction of sp³-hybridized carbons (Fsp3) is 0. The van der Waals surface area contributed by atoms with Crippen LogP contribution in [0.2, 0.25) is 0 Å². The van der Waals surface area contributed by atoms with Crippen molar-refractivity contribution in [3.05, 3.63) is 35.5 Å². The second-order valence-corrected chi connectivity index (χ2v) is 2.78. The Morgan fingerprint density at radius 2 is 2.00 bits per heavy atom. The molecule has 0 radical (unpaired) electrons. The summed E-state index contributed by atoms with van der Waals surface area (Å²) in [6.07, 6.45) is 3.20. The summed E-state index contributed by atoms with van der Waals surface area (Å²) in [4.78, 5) is 23.9. The number of hydrogen-bond acceptors (Lipinski definition) is 2. The van der Waals surface area contributed by atoms with Gasteiger partial charge in [-0.2, -0.15) is 0 Å². The van der Waals surface area contributed by atoms with E-state index in [2.05, 4.69) is 4.98 Å². The normalized spacial score (nSPS) is 10.2. The molecule has 1 aromatic carbocycles. The molecule has 0 bridgehead atoms. The number of hydrogen-bond donors (Lipinski definition) is 1. The maximum absolute atomic E-state index is 10.5. The van der Waals surface area contributed by atoms with Crippen LogP contribution in [-0.2, 0) is 0 Å². The lowest BCUT2D eigenvalue weighted by molar-refractivity contribution is 0.111. The van der Waals surface area contributed by atoms with Crippen molar-refractivity contribution in [3.63, 3.8) is 0 Å². The van der Waals surface area contributed by atoms with E-state index in [0.29, 0.717) is 11.1 Å². The molecule has 0 spiro atoms. The maximum atomic E-state index is 10.5. The summed E-state index contributed by atoms with van der Waals surface area (Å²) in [6.45, 7) is 0. The first kappa shape index (κ1) is 7.73. The summed E-state index contributed by atoms with van der Waals surface area (Å²) in [7, 11) is 0. The molecule has 0 atom stereocenters. The zero-order valence-electron chi connectivity index (χ0n) is 6.78. The Labute approximate surface area is 74.4 Å². The van der Waals surface area contributed by atoms with Crippen molar-refractivity contribution in [3.8, 4) is 0 Å². The molecule has 0 aliphatic rings. The lowest BCUT2D eigenvalue weighted by Crippen LogP contribution is -1.79. The first-order valence-corrected chi connectivity index (χ1v) is 3.86. The Kier molecular flexibility index (Phi) is 1.70. The average Bonchev–Trinajstić information content (AvgIpc) is 2.59. The van der Waals surface area contributed by atoms with Gasteiger partial charge in [0.05, 0.1) is 0 Å². The van der Waals surface area contributed by atoms with Crippen LogP contribution in [0.3, 0.4) is 0 Å². The molecule has 3 nitrogen and oxygen atoms in total. The van der Waals surface area contributed by atoms with Gasteiger partial charge in [0.1, 0.15) is 6.29 Å². The molecule has 1 aromatic heterocycles. The van der Waals surface area contributed by atoms with Gasteiger partial charge in [-0.3, -0.25) is 9.59 Å². The number of aromatic nitrogens is 1. The van der Waals surface area contributed by atoms with Gasteiger partial charge in [-0.05, 0) is 6.07 Å². The van der Waals surface area contributed by atoms with Crippen LogP contribution in [-0.4, -0.2) is 17.6 Å². The van der Waals surface area contributed by atoms with E-state index in [0.717, 1.165) is 23.5 Å². The minimum Gasteiger partial charge on any atom is -0.360 e. The predicted octanol–water partition coefficient (Wildman–Crippen LogP) is 1.79. The molecule has 0 aliphatic heterocycles. The van der Waals surface area contributed by atoms with E-state index in [-0.39, 0.29) is 0 Å². The standard InChI is InChI=1S/C10H7NO2/c12-5-7-1-2-9-8(6-13)4-11-10(9)3-7/h1-6,11H. The second-order valence-electron chi connectivity index (χ2n) is 2.78. The third-order valence-corrected chi connectivity index (χ3v) is 2.00. The number of H-pyrrole nitrogens is 1. The minimum absolute atomic E-state index is 0.604. The molecule has 0 fully saturated rings. The molecule has 0 saturated carbocycles. The van der Waals surface area contributed by atoms with E-state index in [9.17, 15) is 9.59 Å². The number of nitrogens with one attached hydrogen (secondary N) is 1. The number of fused-ring (bicyclic) bond motifs is 1. The van der Waals surface area contributed by atoms with Crippen LogP contribution in [0.25, 0.3) is 10.9 Å². The van der Waals surface area contributed by atoms with Gasteiger partial charge in [0.2, 0.25) is 0 Å². The Hall–Kier alpha value is -1.90. The number of carbonyl (C=O) groups excluding carboxylic acids is 2. The largest absolute Gasteiger partial charge is 0.360 e. The van der Waals surface area contributed by atoms with Crippen LogP contribution in [0.5, 0.6) is 0 Å². The fourth-order valence-electron chi connectivity index (χ4n) is 1.34. The van der Waals surface area contributed by atoms with E-state index >= 15 is 0 Å². The summed E-state index contributed by atoms with van der Waals surface area (Å²) in [5, 5.41) is 0.848. The molecule has 1 heterocycles. The lowest BCUT2D eigenvalue weighted by Gasteiger charge is -1.91. The summed E-state index contributed by atoms with van der Waals surface area (Å²) < 4.78 is 0. The molecule has 64 valence electrons. The van der Waals surface area contributed by atoms with Crippen LogP contribution in [0.4, 0.5) is 0 Å². The monoisotopic (exact) mass is 173 g/mol. The molecule has 0 amide bonds. The highest BCUT2D eigenvalue weighted by atomic mass is 16.1. The van der Waals surface area contributed by atoms with E-state index < -0.39 is 0 Å². The van der Waals surface area contributed by atoms with E-state index in [1.807, 2.05) is 0 Å². The predicted molar refractivity (Wildman–Crippen MR) is 49.1 cm³/mol. The number of aromatic amines is 1. The second kappa shape index (κ2) is 2.86. The van der Waals surface area contributed by atoms with Gasteiger partial charge in [-0.1, -0.05) is 12.1 Å². The van der Waals surface area contributed by atoms with Crippen LogP contribution in [0, 0.1) is 0 Å². The van der Waals surface area contributed by atoms with E-state index in [1.54, 1.807) is 24.4 Å². The molecule has 1 N–H and O–H groups in total. The summed E-state index contributed by atoms with van der Waals surface area (Å²) in [5.41, 5.74) is 2.03. The smallest absolute Gasteiger partial charge is 0.152 e. The van der Waals surface area contributed by atoms with Crippen molar-refractivity contribution in [1.29, 1.82) is 0 Å². The quantitative estimate of drug-likeness (QED) is 0.704. The Morgan fingerprint density at radius 3 is 2.69 bits per heavy atom. The fourth-order valence-corrected chi connectivity index (χ4v) is 1.34. The zero-order chi connectivity index (χ0) is 9.26. The van der Waals surface area contributed by atoms with Gasteiger partial charge in [0.25, 0.3) is 0 Å². The Morgan fingerprint density at radius 1 is 1.15 bits per heavy atom. The molecule has 2 aromatic rings. The van der Waals surface area contributed by atoms with Gasteiger partial charge in [-0.15, -0.1) is 0 Å². The average molecular weight is 173 g/mol. The first-order valence-electron chi connectivity index (χ1n) is 3.86. The highest BCUT2D eigenvalue weighted by Crippen LogP contribution is 2.17. The van der Waals surface area contributed by atoms with Crippen LogP contribution in [0.15, 0.2) is 24.4 Å². The Balaban J connectivity index is 2.74. The molecule has 0 saturated heterocycles. The minimum atomic E-state index is 0.604. The van der Waals surface area contributed by atoms with Crippen molar-refractivity contribution >= 4 is 23.5 Å². The van der Waals surface area contributed by atoms with E-state index in [4.69, 9.17) is 0 Å². The van der Waals surface area contributed by atoms with E-state index in [1.165, 1.54) is 0 Å². The molecular weight excluding hydrogens is 166 g/mol. The summed E-state index contributed by atoms with van der Waals surface area (Å²) in [6, 6.07) is 5.17. The van der Waals surface area contributed by atoms with Crippen molar-refractivity contribution in [1.82, 2.24) is 4.98 Å². The lowest BCUT2D eigenvalue weighted by atomic mass is 10.1. The van der Waals surface area contributed by atoms with Crippen molar-refractivity contribution < 1.29 is 9.59 Å². The highest BCUT2D eigenvalue weighted by molar-refractivity contribution is 5.98. The van der Waals surface area contributed by atoms with Gasteiger partial charge < -0.3 is 4.98 Å². The molecule has 13 heavy (non-hydrogen) atoms. The number of benzene rings is 1.